The minimum Gasteiger partial charge on any atom is -0.507 e. The number of phenols is 1. The van der Waals surface area contributed by atoms with E-state index in [9.17, 15) is 14.7 Å². The van der Waals surface area contributed by atoms with Gasteiger partial charge in [0.1, 0.15) is 5.75 Å². The topological polar surface area (TPSA) is 78.4 Å². The highest BCUT2D eigenvalue weighted by molar-refractivity contribution is 5.97. The van der Waals surface area contributed by atoms with Gasteiger partial charge < -0.3 is 10.5 Å². The lowest BCUT2D eigenvalue weighted by atomic mass is 9.86. The van der Waals surface area contributed by atoms with Gasteiger partial charge in [-0.25, -0.2) is 0 Å². The number of hydrazine groups is 1. The van der Waals surface area contributed by atoms with Crippen LogP contribution in [0.4, 0.5) is 0 Å². The van der Waals surface area contributed by atoms with Crippen molar-refractivity contribution in [1.29, 1.82) is 0 Å². The average molecular weight is 336 g/mol. The molecule has 2 aromatic rings. The summed E-state index contributed by atoms with van der Waals surface area (Å²) in [5, 5.41) is 9.98. The minimum atomic E-state index is -0.448. The Morgan fingerprint density at radius 1 is 1.08 bits per heavy atom. The molecule has 25 heavy (non-hydrogen) atoms. The number of amides is 1. The number of carbonyl (C=O) groups excluding carboxylic acids is 2. The van der Waals surface area contributed by atoms with Gasteiger partial charge in [-0.05, 0) is 36.5 Å². The third-order valence-corrected chi connectivity index (χ3v) is 4.34. The van der Waals surface area contributed by atoms with Crippen LogP contribution in [-0.2, 0) is 4.79 Å². The molecule has 0 heterocycles. The van der Waals surface area contributed by atoms with E-state index in [1.807, 2.05) is 30.3 Å². The van der Waals surface area contributed by atoms with Crippen LogP contribution in [0.5, 0.6) is 5.75 Å². The first-order valence-electron chi connectivity index (χ1n) is 8.18. The number of carbonyl (C=O) groups is 2. The summed E-state index contributed by atoms with van der Waals surface area (Å²) in [4.78, 5) is 24.2. The number of aromatic hydroxyl groups is 1. The SMILES string of the molecule is Cc1cccc(C(=O)NNC2=CC(=O)C[C@H](c3ccccc3)C2)c1O. The van der Waals surface area contributed by atoms with Crippen molar-refractivity contribution in [2.24, 2.45) is 0 Å². The van der Waals surface area contributed by atoms with E-state index < -0.39 is 5.91 Å². The molecule has 0 bridgehead atoms. The molecule has 0 saturated carbocycles. The molecule has 0 fully saturated rings. The zero-order chi connectivity index (χ0) is 17.8. The zero-order valence-electron chi connectivity index (χ0n) is 14.0. The smallest absolute Gasteiger partial charge is 0.273 e. The van der Waals surface area contributed by atoms with Crippen molar-refractivity contribution in [3.05, 3.63) is 77.0 Å². The maximum atomic E-state index is 12.2. The number of phenolic OH excluding ortho intramolecular Hbond substituents is 1. The van der Waals surface area contributed by atoms with Crippen LogP contribution in [0.2, 0.25) is 0 Å². The summed E-state index contributed by atoms with van der Waals surface area (Å²) < 4.78 is 0. The second-order valence-corrected chi connectivity index (χ2v) is 6.20. The summed E-state index contributed by atoms with van der Waals surface area (Å²) in [6.45, 7) is 1.73. The van der Waals surface area contributed by atoms with Crippen molar-refractivity contribution in [2.45, 2.75) is 25.7 Å². The fourth-order valence-electron chi connectivity index (χ4n) is 2.99. The second kappa shape index (κ2) is 7.21. The van der Waals surface area contributed by atoms with E-state index in [0.29, 0.717) is 24.1 Å². The van der Waals surface area contributed by atoms with E-state index in [1.165, 1.54) is 6.08 Å². The number of allylic oxidation sites excluding steroid dienone is 2. The summed E-state index contributed by atoms with van der Waals surface area (Å²) in [5.41, 5.74) is 7.97. The highest BCUT2D eigenvalue weighted by Crippen LogP contribution is 2.30. The number of benzene rings is 2. The molecule has 1 aliphatic rings. The highest BCUT2D eigenvalue weighted by atomic mass is 16.3. The first-order chi connectivity index (χ1) is 12.0. The lowest BCUT2D eigenvalue weighted by molar-refractivity contribution is -0.115. The van der Waals surface area contributed by atoms with Gasteiger partial charge in [0, 0.05) is 18.2 Å². The first kappa shape index (κ1) is 16.8. The molecule has 0 unspecified atom stereocenters. The summed E-state index contributed by atoms with van der Waals surface area (Å²) in [6.07, 6.45) is 2.62. The summed E-state index contributed by atoms with van der Waals surface area (Å²) >= 11 is 0. The minimum absolute atomic E-state index is 0.0234. The maximum Gasteiger partial charge on any atom is 0.273 e. The summed E-state index contributed by atoms with van der Waals surface area (Å²) in [7, 11) is 0. The molecule has 0 radical (unpaired) electrons. The predicted octanol–water partition coefficient (Wildman–Crippen LogP) is 2.97. The standard InChI is InChI=1S/C20H20N2O3/c1-13-6-5-9-18(19(13)24)20(25)22-21-16-10-15(11-17(23)12-16)14-7-3-2-4-8-14/h2-9,12,15,21,24H,10-11H2,1H3,(H,22,25)/t15-/m1/s1. The lowest BCUT2D eigenvalue weighted by Gasteiger charge is -2.23. The fraction of sp³-hybridized carbons (Fsp3) is 0.200. The first-order valence-corrected chi connectivity index (χ1v) is 8.18. The van der Waals surface area contributed by atoms with Crippen molar-refractivity contribution < 1.29 is 14.7 Å². The van der Waals surface area contributed by atoms with E-state index in [4.69, 9.17) is 0 Å². The van der Waals surface area contributed by atoms with Crippen molar-refractivity contribution in [3.8, 4) is 5.75 Å². The molecule has 2 aromatic carbocycles. The molecule has 1 amide bonds. The number of para-hydroxylation sites is 1. The van der Waals surface area contributed by atoms with E-state index in [-0.39, 0.29) is 23.0 Å². The number of rotatable bonds is 4. The maximum absolute atomic E-state index is 12.2. The Morgan fingerprint density at radius 3 is 2.60 bits per heavy atom. The Morgan fingerprint density at radius 2 is 1.84 bits per heavy atom. The number of aryl methyl sites for hydroxylation is 1. The molecule has 0 aliphatic heterocycles. The van der Waals surface area contributed by atoms with Crippen LogP contribution in [0, 0.1) is 6.92 Å². The lowest BCUT2D eigenvalue weighted by Crippen LogP contribution is -2.38. The van der Waals surface area contributed by atoms with Crippen molar-refractivity contribution in [1.82, 2.24) is 10.9 Å². The van der Waals surface area contributed by atoms with E-state index in [2.05, 4.69) is 10.9 Å². The quantitative estimate of drug-likeness (QED) is 0.750. The fourth-order valence-corrected chi connectivity index (χ4v) is 2.99. The van der Waals surface area contributed by atoms with Crippen LogP contribution in [-0.4, -0.2) is 16.8 Å². The molecule has 0 aromatic heterocycles. The molecule has 5 nitrogen and oxygen atoms in total. The van der Waals surface area contributed by atoms with Gasteiger partial charge in [-0.1, -0.05) is 42.5 Å². The van der Waals surface area contributed by atoms with Gasteiger partial charge in [0.25, 0.3) is 5.91 Å². The van der Waals surface area contributed by atoms with Gasteiger partial charge in [-0.2, -0.15) is 0 Å². The van der Waals surface area contributed by atoms with Crippen molar-refractivity contribution >= 4 is 11.7 Å². The van der Waals surface area contributed by atoms with Gasteiger partial charge in [-0.3, -0.25) is 15.0 Å². The monoisotopic (exact) mass is 336 g/mol. The molecule has 1 atom stereocenters. The number of nitrogens with one attached hydrogen (secondary N) is 2. The third kappa shape index (κ3) is 3.88. The third-order valence-electron chi connectivity index (χ3n) is 4.34. The number of hydrogen-bond acceptors (Lipinski definition) is 4. The molecule has 0 saturated heterocycles. The normalized spacial score (nSPS) is 16.9. The highest BCUT2D eigenvalue weighted by Gasteiger charge is 2.22. The van der Waals surface area contributed by atoms with E-state index in [1.54, 1.807) is 25.1 Å². The Hall–Kier alpha value is -3.08. The summed E-state index contributed by atoms with van der Waals surface area (Å²) in [5.74, 6) is -0.380. The number of hydrogen-bond donors (Lipinski definition) is 3. The summed E-state index contributed by atoms with van der Waals surface area (Å²) in [6, 6.07) is 14.8. The van der Waals surface area contributed by atoms with Crippen LogP contribution in [0.25, 0.3) is 0 Å². The van der Waals surface area contributed by atoms with Crippen LogP contribution in [0.1, 0.15) is 40.2 Å². The Kier molecular flexibility index (Phi) is 4.84. The molecule has 3 rings (SSSR count). The van der Waals surface area contributed by atoms with Crippen LogP contribution in [0.15, 0.2) is 60.3 Å². The second-order valence-electron chi connectivity index (χ2n) is 6.20. The van der Waals surface area contributed by atoms with Crippen molar-refractivity contribution in [3.63, 3.8) is 0 Å². The van der Waals surface area contributed by atoms with Gasteiger partial charge in [0.05, 0.1) is 5.56 Å². The molecule has 1 aliphatic carbocycles. The van der Waals surface area contributed by atoms with Crippen LogP contribution < -0.4 is 10.9 Å². The van der Waals surface area contributed by atoms with Gasteiger partial charge in [-0.15, -0.1) is 0 Å². The Bertz CT molecular complexity index is 828. The predicted molar refractivity (Wildman–Crippen MR) is 95.0 cm³/mol. The molecular formula is C20H20N2O3. The Balaban J connectivity index is 1.67. The van der Waals surface area contributed by atoms with Gasteiger partial charge in [0.15, 0.2) is 5.78 Å². The van der Waals surface area contributed by atoms with E-state index in [0.717, 1.165) is 5.56 Å². The molecule has 5 heteroatoms. The average Bonchev–Trinajstić information content (AvgIpc) is 2.62. The zero-order valence-corrected chi connectivity index (χ0v) is 14.0. The molecule has 0 spiro atoms. The van der Waals surface area contributed by atoms with Crippen LogP contribution in [0.3, 0.4) is 0 Å². The Labute approximate surface area is 146 Å². The van der Waals surface area contributed by atoms with Crippen LogP contribution >= 0.6 is 0 Å². The largest absolute Gasteiger partial charge is 0.507 e. The van der Waals surface area contributed by atoms with Gasteiger partial charge >= 0.3 is 0 Å². The van der Waals surface area contributed by atoms with E-state index >= 15 is 0 Å². The van der Waals surface area contributed by atoms with Gasteiger partial charge in [0.2, 0.25) is 0 Å². The van der Waals surface area contributed by atoms with Crippen molar-refractivity contribution in [2.75, 3.05) is 0 Å². The molecule has 128 valence electrons. The molecule has 3 N–H and O–H groups in total. The number of ketones is 1. The molecular weight excluding hydrogens is 316 g/mol.